The molecule has 5 nitrogen and oxygen atoms in total. The lowest BCUT2D eigenvalue weighted by atomic mass is 10.1. The maximum atomic E-state index is 12.2. The number of nitrogens with zero attached hydrogens (tertiary/aromatic N) is 2. The van der Waals surface area contributed by atoms with Gasteiger partial charge in [0, 0.05) is 18.7 Å². The van der Waals surface area contributed by atoms with Gasteiger partial charge in [-0.1, -0.05) is 43.3 Å². The number of carbonyl (C=O) groups excluding carboxylic acids is 1. The standard InChI is InChI=1S/C19H27N3O2/c1-5-22(6-2)13-17-10-8-7-9-16(17)12-20-19(23)11-18-14(3)21-24-15(18)4/h7-10H,5-6,11-13H2,1-4H3,(H,20,23). The average molecular weight is 329 g/mol. The van der Waals surface area contributed by atoms with Crippen molar-refractivity contribution in [2.24, 2.45) is 0 Å². The Morgan fingerprint density at radius 2 is 1.83 bits per heavy atom. The lowest BCUT2D eigenvalue weighted by molar-refractivity contribution is -0.120. The minimum atomic E-state index is -0.0120. The van der Waals surface area contributed by atoms with Crippen LogP contribution in [0.4, 0.5) is 0 Å². The maximum Gasteiger partial charge on any atom is 0.224 e. The zero-order valence-electron chi connectivity index (χ0n) is 15.1. The number of hydrogen-bond acceptors (Lipinski definition) is 4. The van der Waals surface area contributed by atoms with Crippen LogP contribution in [0.15, 0.2) is 28.8 Å². The molecule has 0 aliphatic heterocycles. The fourth-order valence-electron chi connectivity index (χ4n) is 2.74. The summed E-state index contributed by atoms with van der Waals surface area (Å²) in [4.78, 5) is 14.6. The normalized spacial score (nSPS) is 11.0. The fourth-order valence-corrected chi connectivity index (χ4v) is 2.74. The third kappa shape index (κ3) is 4.68. The molecule has 0 aliphatic rings. The molecule has 1 heterocycles. The molecule has 24 heavy (non-hydrogen) atoms. The van der Waals surface area contributed by atoms with Crippen molar-refractivity contribution in [3.05, 3.63) is 52.4 Å². The Labute approximate surface area is 144 Å². The number of nitrogens with one attached hydrogen (secondary N) is 1. The second-order valence-electron chi connectivity index (χ2n) is 5.99. The summed E-state index contributed by atoms with van der Waals surface area (Å²) < 4.78 is 5.11. The Morgan fingerprint density at radius 3 is 2.42 bits per heavy atom. The number of benzene rings is 1. The molecule has 130 valence electrons. The summed E-state index contributed by atoms with van der Waals surface area (Å²) in [5.74, 6) is 0.701. The van der Waals surface area contributed by atoms with Crippen LogP contribution in [0.2, 0.25) is 0 Å². The molecule has 1 amide bonds. The summed E-state index contributed by atoms with van der Waals surface area (Å²) in [6.45, 7) is 11.5. The predicted octanol–water partition coefficient (Wildman–Crippen LogP) is 2.99. The molecule has 2 rings (SSSR count). The van der Waals surface area contributed by atoms with Crippen LogP contribution in [-0.4, -0.2) is 29.1 Å². The van der Waals surface area contributed by atoms with Crippen molar-refractivity contribution >= 4 is 5.91 Å². The molecule has 0 radical (unpaired) electrons. The molecule has 0 spiro atoms. The Hall–Kier alpha value is -2.14. The van der Waals surface area contributed by atoms with Gasteiger partial charge >= 0.3 is 0 Å². The van der Waals surface area contributed by atoms with Gasteiger partial charge in [0.15, 0.2) is 0 Å². The van der Waals surface area contributed by atoms with Crippen LogP contribution in [-0.2, 0) is 24.3 Å². The minimum Gasteiger partial charge on any atom is -0.361 e. The van der Waals surface area contributed by atoms with E-state index in [-0.39, 0.29) is 5.91 Å². The van der Waals surface area contributed by atoms with Gasteiger partial charge in [-0.25, -0.2) is 0 Å². The van der Waals surface area contributed by atoms with E-state index in [1.165, 1.54) is 5.56 Å². The summed E-state index contributed by atoms with van der Waals surface area (Å²) in [7, 11) is 0. The van der Waals surface area contributed by atoms with Crippen LogP contribution in [0.5, 0.6) is 0 Å². The van der Waals surface area contributed by atoms with Gasteiger partial charge in [0.1, 0.15) is 5.76 Å². The van der Waals surface area contributed by atoms with Crippen LogP contribution >= 0.6 is 0 Å². The summed E-state index contributed by atoms with van der Waals surface area (Å²) in [5, 5.41) is 6.91. The first kappa shape index (κ1) is 18.2. The van der Waals surface area contributed by atoms with E-state index < -0.39 is 0 Å². The van der Waals surface area contributed by atoms with Crippen LogP contribution in [0, 0.1) is 13.8 Å². The van der Waals surface area contributed by atoms with E-state index in [0.717, 1.165) is 36.5 Å². The van der Waals surface area contributed by atoms with E-state index in [9.17, 15) is 4.79 Å². The molecule has 5 heteroatoms. The van der Waals surface area contributed by atoms with Crippen LogP contribution in [0.3, 0.4) is 0 Å². The first-order valence-electron chi connectivity index (χ1n) is 8.52. The van der Waals surface area contributed by atoms with Gasteiger partial charge in [-0.3, -0.25) is 9.69 Å². The SMILES string of the molecule is CCN(CC)Cc1ccccc1CNC(=O)Cc1c(C)noc1C. The molecule has 1 N–H and O–H groups in total. The summed E-state index contributed by atoms with van der Waals surface area (Å²) in [6.07, 6.45) is 0.305. The second kappa shape index (κ2) is 8.64. The number of amides is 1. The molecule has 0 saturated heterocycles. The first-order chi connectivity index (χ1) is 11.5. The molecular weight excluding hydrogens is 302 g/mol. The highest BCUT2D eigenvalue weighted by molar-refractivity contribution is 5.79. The van der Waals surface area contributed by atoms with E-state index in [1.54, 1.807) is 0 Å². The molecule has 0 fully saturated rings. The van der Waals surface area contributed by atoms with Gasteiger partial charge in [0.05, 0.1) is 12.1 Å². The van der Waals surface area contributed by atoms with Crippen LogP contribution < -0.4 is 5.32 Å². The van der Waals surface area contributed by atoms with Crippen LogP contribution in [0.25, 0.3) is 0 Å². The van der Waals surface area contributed by atoms with Crippen LogP contribution in [0.1, 0.15) is 42.0 Å². The highest BCUT2D eigenvalue weighted by atomic mass is 16.5. The number of hydrogen-bond donors (Lipinski definition) is 1. The second-order valence-corrected chi connectivity index (χ2v) is 5.99. The largest absolute Gasteiger partial charge is 0.361 e. The van der Waals surface area contributed by atoms with E-state index >= 15 is 0 Å². The minimum absolute atomic E-state index is 0.0120. The molecule has 0 saturated carbocycles. The van der Waals surface area contributed by atoms with Crippen molar-refractivity contribution in [2.75, 3.05) is 13.1 Å². The third-order valence-corrected chi connectivity index (χ3v) is 4.40. The smallest absolute Gasteiger partial charge is 0.224 e. The Kier molecular flexibility index (Phi) is 6.55. The number of aromatic nitrogens is 1. The summed E-state index contributed by atoms with van der Waals surface area (Å²) in [5.41, 5.74) is 4.09. The maximum absolute atomic E-state index is 12.2. The Bertz CT molecular complexity index is 656. The molecule has 1 aromatic carbocycles. The number of aryl methyl sites for hydroxylation is 2. The zero-order chi connectivity index (χ0) is 17.5. The van der Waals surface area contributed by atoms with Crippen molar-refractivity contribution in [3.8, 4) is 0 Å². The van der Waals surface area contributed by atoms with Gasteiger partial charge < -0.3 is 9.84 Å². The number of rotatable bonds is 8. The lowest BCUT2D eigenvalue weighted by Gasteiger charge is -2.20. The highest BCUT2D eigenvalue weighted by Crippen LogP contribution is 2.14. The monoisotopic (exact) mass is 329 g/mol. The van der Waals surface area contributed by atoms with Crippen molar-refractivity contribution in [2.45, 2.75) is 47.2 Å². The lowest BCUT2D eigenvalue weighted by Crippen LogP contribution is -2.27. The molecule has 0 unspecified atom stereocenters. The van der Waals surface area contributed by atoms with Crippen molar-refractivity contribution < 1.29 is 9.32 Å². The first-order valence-corrected chi connectivity index (χ1v) is 8.52. The van der Waals surface area contributed by atoms with Crippen molar-refractivity contribution in [1.29, 1.82) is 0 Å². The number of carbonyl (C=O) groups is 1. The van der Waals surface area contributed by atoms with E-state index in [1.807, 2.05) is 26.0 Å². The van der Waals surface area contributed by atoms with E-state index in [0.29, 0.717) is 18.7 Å². The molecule has 0 aliphatic carbocycles. The zero-order valence-corrected chi connectivity index (χ0v) is 15.1. The molecule has 2 aromatic rings. The van der Waals surface area contributed by atoms with Gasteiger partial charge in [-0.2, -0.15) is 0 Å². The van der Waals surface area contributed by atoms with E-state index in [2.05, 4.69) is 41.4 Å². The van der Waals surface area contributed by atoms with Gasteiger partial charge in [0.2, 0.25) is 5.91 Å². The summed E-state index contributed by atoms with van der Waals surface area (Å²) >= 11 is 0. The van der Waals surface area contributed by atoms with Crippen molar-refractivity contribution in [1.82, 2.24) is 15.4 Å². The van der Waals surface area contributed by atoms with Crippen molar-refractivity contribution in [3.63, 3.8) is 0 Å². The van der Waals surface area contributed by atoms with Gasteiger partial charge in [-0.15, -0.1) is 0 Å². The molecule has 0 bridgehead atoms. The molecule has 1 aromatic heterocycles. The van der Waals surface area contributed by atoms with Gasteiger partial charge in [-0.05, 0) is 38.1 Å². The molecular formula is C19H27N3O2. The van der Waals surface area contributed by atoms with E-state index in [4.69, 9.17) is 4.52 Å². The third-order valence-electron chi connectivity index (χ3n) is 4.40. The Balaban J connectivity index is 1.97. The topological polar surface area (TPSA) is 58.4 Å². The highest BCUT2D eigenvalue weighted by Gasteiger charge is 2.14. The summed E-state index contributed by atoms with van der Waals surface area (Å²) in [6, 6.07) is 8.28. The predicted molar refractivity (Wildman–Crippen MR) is 94.6 cm³/mol. The van der Waals surface area contributed by atoms with Gasteiger partial charge in [0.25, 0.3) is 0 Å². The quantitative estimate of drug-likeness (QED) is 0.809. The average Bonchev–Trinajstić information content (AvgIpc) is 2.90. The Morgan fingerprint density at radius 1 is 1.17 bits per heavy atom. The fraction of sp³-hybridized carbons (Fsp3) is 0.474. The molecule has 0 atom stereocenters.